The van der Waals surface area contributed by atoms with Crippen LogP contribution in [0.25, 0.3) is 0 Å². The highest BCUT2D eigenvalue weighted by Gasteiger charge is 2.09. The van der Waals surface area contributed by atoms with Crippen LogP contribution in [0.3, 0.4) is 0 Å². The Balaban J connectivity index is 2.73. The fourth-order valence-corrected chi connectivity index (χ4v) is 1.82. The van der Waals surface area contributed by atoms with Gasteiger partial charge >= 0.3 is 0 Å². The van der Waals surface area contributed by atoms with Crippen molar-refractivity contribution in [2.45, 2.75) is 20.3 Å². The molecule has 0 aliphatic carbocycles. The van der Waals surface area contributed by atoms with E-state index in [9.17, 15) is 4.79 Å². The number of methoxy groups -OCH3 is 1. The molecule has 1 rings (SSSR count). The molecule has 0 bridgehead atoms. The van der Waals surface area contributed by atoms with E-state index < -0.39 is 0 Å². The molecular formula is C17H23NO3. The van der Waals surface area contributed by atoms with Gasteiger partial charge in [-0.15, -0.1) is 0 Å². The molecule has 0 saturated heterocycles. The highest BCUT2D eigenvalue weighted by Crippen LogP contribution is 2.10. The fourth-order valence-electron chi connectivity index (χ4n) is 1.82. The summed E-state index contributed by atoms with van der Waals surface area (Å²) in [7, 11) is 1.65. The topological polar surface area (TPSA) is 58.6 Å². The first-order valence-electron chi connectivity index (χ1n) is 7.06. The van der Waals surface area contributed by atoms with Crippen molar-refractivity contribution in [1.82, 2.24) is 5.32 Å². The van der Waals surface area contributed by atoms with E-state index in [1.807, 2.05) is 19.9 Å². The quantitative estimate of drug-likeness (QED) is 0.784. The first kappa shape index (κ1) is 17.2. The summed E-state index contributed by atoms with van der Waals surface area (Å²) >= 11 is 0. The number of benzene rings is 1. The van der Waals surface area contributed by atoms with Gasteiger partial charge in [-0.2, -0.15) is 0 Å². The van der Waals surface area contributed by atoms with Crippen LogP contribution in [0.15, 0.2) is 18.2 Å². The van der Waals surface area contributed by atoms with Gasteiger partial charge in [-0.05, 0) is 30.5 Å². The molecule has 0 heterocycles. The van der Waals surface area contributed by atoms with Gasteiger partial charge in [-0.3, -0.25) is 4.79 Å². The Bertz CT molecular complexity index is 529. The molecule has 0 spiro atoms. The average molecular weight is 289 g/mol. The van der Waals surface area contributed by atoms with Crippen molar-refractivity contribution in [3.63, 3.8) is 0 Å². The van der Waals surface area contributed by atoms with Crippen LogP contribution in [0.1, 0.15) is 34.8 Å². The minimum Gasteiger partial charge on any atom is -0.395 e. The molecule has 1 amide bonds. The number of hydrogen-bond acceptors (Lipinski definition) is 3. The SMILES string of the molecule is COCC(C)CNC(=O)c1ccc(C)c(C#CCCO)c1. The molecule has 0 saturated carbocycles. The number of hydrogen-bond donors (Lipinski definition) is 2. The van der Waals surface area contributed by atoms with E-state index in [1.165, 1.54) is 0 Å². The first-order chi connectivity index (χ1) is 10.1. The third-order valence-corrected chi connectivity index (χ3v) is 3.02. The Kier molecular flexibility index (Phi) is 7.52. The minimum atomic E-state index is -0.108. The van der Waals surface area contributed by atoms with E-state index in [4.69, 9.17) is 9.84 Å². The minimum absolute atomic E-state index is 0.0453. The van der Waals surface area contributed by atoms with Gasteiger partial charge in [0.05, 0.1) is 13.2 Å². The summed E-state index contributed by atoms with van der Waals surface area (Å²) in [5, 5.41) is 11.6. The maximum Gasteiger partial charge on any atom is 0.251 e. The number of aliphatic hydroxyl groups excluding tert-OH is 1. The summed E-state index contributed by atoms with van der Waals surface area (Å²) in [6.45, 7) is 5.21. The van der Waals surface area contributed by atoms with Gasteiger partial charge in [0.15, 0.2) is 0 Å². The first-order valence-corrected chi connectivity index (χ1v) is 7.06. The Morgan fingerprint density at radius 2 is 2.24 bits per heavy atom. The maximum absolute atomic E-state index is 12.1. The molecule has 114 valence electrons. The third kappa shape index (κ3) is 5.99. The number of rotatable bonds is 6. The lowest BCUT2D eigenvalue weighted by atomic mass is 10.0. The van der Waals surface area contributed by atoms with Crippen molar-refractivity contribution >= 4 is 5.91 Å². The van der Waals surface area contributed by atoms with E-state index in [2.05, 4.69) is 17.2 Å². The standard InChI is InChI=1S/C17H23NO3/c1-13(12-21-3)11-18-17(20)16-8-7-14(2)15(10-16)6-4-5-9-19/h7-8,10,13,19H,5,9,11-12H2,1-3H3,(H,18,20). The lowest BCUT2D eigenvalue weighted by molar-refractivity contribution is 0.0934. The van der Waals surface area contributed by atoms with Crippen LogP contribution in [0.5, 0.6) is 0 Å². The van der Waals surface area contributed by atoms with Gasteiger partial charge in [0.1, 0.15) is 0 Å². The zero-order chi connectivity index (χ0) is 15.7. The highest BCUT2D eigenvalue weighted by atomic mass is 16.5. The third-order valence-electron chi connectivity index (χ3n) is 3.02. The number of aryl methyl sites for hydroxylation is 1. The van der Waals surface area contributed by atoms with E-state index in [0.29, 0.717) is 25.1 Å². The molecule has 0 aromatic heterocycles. The Labute approximate surface area is 126 Å². The fraction of sp³-hybridized carbons (Fsp3) is 0.471. The van der Waals surface area contributed by atoms with Crippen LogP contribution in [0.4, 0.5) is 0 Å². The second-order valence-corrected chi connectivity index (χ2v) is 5.08. The largest absolute Gasteiger partial charge is 0.395 e. The van der Waals surface area contributed by atoms with Crippen molar-refractivity contribution in [2.24, 2.45) is 5.92 Å². The molecule has 0 radical (unpaired) electrons. The van der Waals surface area contributed by atoms with Crippen molar-refractivity contribution < 1.29 is 14.6 Å². The second-order valence-electron chi connectivity index (χ2n) is 5.08. The summed E-state index contributed by atoms with van der Waals surface area (Å²) in [5.74, 6) is 6.02. The molecule has 21 heavy (non-hydrogen) atoms. The van der Waals surface area contributed by atoms with Crippen molar-refractivity contribution in [1.29, 1.82) is 0 Å². The number of carbonyl (C=O) groups is 1. The smallest absolute Gasteiger partial charge is 0.251 e. The van der Waals surface area contributed by atoms with E-state index in [0.717, 1.165) is 11.1 Å². The zero-order valence-corrected chi connectivity index (χ0v) is 12.9. The van der Waals surface area contributed by atoms with Gasteiger partial charge in [0.2, 0.25) is 0 Å². The van der Waals surface area contributed by atoms with Crippen molar-refractivity contribution in [3.05, 3.63) is 34.9 Å². The number of carbonyl (C=O) groups excluding carboxylic acids is 1. The normalized spacial score (nSPS) is 11.4. The lowest BCUT2D eigenvalue weighted by Crippen LogP contribution is -2.29. The summed E-state index contributed by atoms with van der Waals surface area (Å²) < 4.78 is 5.04. The molecule has 4 heteroatoms. The van der Waals surface area contributed by atoms with Gasteiger partial charge in [-0.1, -0.05) is 24.8 Å². The molecule has 0 aliphatic rings. The Morgan fingerprint density at radius 1 is 1.48 bits per heavy atom. The summed E-state index contributed by atoms with van der Waals surface area (Å²) in [5.41, 5.74) is 2.43. The van der Waals surface area contributed by atoms with Gasteiger partial charge < -0.3 is 15.2 Å². The molecule has 1 aromatic rings. The van der Waals surface area contributed by atoms with Crippen LogP contribution in [-0.4, -0.2) is 37.9 Å². The van der Waals surface area contributed by atoms with Gasteiger partial charge in [0.25, 0.3) is 5.91 Å². The highest BCUT2D eigenvalue weighted by molar-refractivity contribution is 5.94. The number of ether oxygens (including phenoxy) is 1. The van der Waals surface area contributed by atoms with Crippen molar-refractivity contribution in [3.8, 4) is 11.8 Å². The van der Waals surface area contributed by atoms with Gasteiger partial charge in [-0.25, -0.2) is 0 Å². The molecule has 0 aliphatic heterocycles. The van der Waals surface area contributed by atoms with E-state index in [1.54, 1.807) is 19.2 Å². The van der Waals surface area contributed by atoms with E-state index in [-0.39, 0.29) is 18.4 Å². The summed E-state index contributed by atoms with van der Waals surface area (Å²) in [4.78, 5) is 12.1. The monoisotopic (exact) mass is 289 g/mol. The van der Waals surface area contributed by atoms with Crippen LogP contribution in [0.2, 0.25) is 0 Å². The number of nitrogens with one attached hydrogen (secondary N) is 1. The van der Waals surface area contributed by atoms with Gasteiger partial charge in [0, 0.05) is 31.2 Å². The van der Waals surface area contributed by atoms with Crippen LogP contribution in [-0.2, 0) is 4.74 Å². The van der Waals surface area contributed by atoms with Crippen molar-refractivity contribution in [2.75, 3.05) is 26.9 Å². The molecule has 1 atom stereocenters. The zero-order valence-electron chi connectivity index (χ0n) is 12.9. The summed E-state index contributed by atoms with van der Waals surface area (Å²) in [6.07, 6.45) is 0.435. The number of aliphatic hydroxyl groups is 1. The molecule has 4 nitrogen and oxygen atoms in total. The molecule has 2 N–H and O–H groups in total. The second kappa shape index (κ2) is 9.17. The molecule has 0 fully saturated rings. The van der Waals surface area contributed by atoms with E-state index >= 15 is 0 Å². The molecule has 1 aromatic carbocycles. The lowest BCUT2D eigenvalue weighted by Gasteiger charge is -2.12. The Morgan fingerprint density at radius 3 is 2.90 bits per heavy atom. The maximum atomic E-state index is 12.1. The molecular weight excluding hydrogens is 266 g/mol. The predicted octanol–water partition coefficient (Wildman–Crippen LogP) is 1.74. The predicted molar refractivity (Wildman–Crippen MR) is 83.1 cm³/mol. The Hall–Kier alpha value is -1.83. The van der Waals surface area contributed by atoms with Crippen LogP contribution < -0.4 is 5.32 Å². The summed E-state index contributed by atoms with van der Waals surface area (Å²) in [6, 6.07) is 5.47. The average Bonchev–Trinajstić information content (AvgIpc) is 2.47. The number of amides is 1. The van der Waals surface area contributed by atoms with Crippen LogP contribution in [0, 0.1) is 24.7 Å². The van der Waals surface area contributed by atoms with Crippen LogP contribution >= 0.6 is 0 Å². The molecule has 1 unspecified atom stereocenters.